The van der Waals surface area contributed by atoms with Crippen molar-refractivity contribution in [2.45, 2.75) is 13.0 Å². The fraction of sp³-hybridized carbons (Fsp3) is 0.294. The number of imide groups is 1. The van der Waals surface area contributed by atoms with Crippen molar-refractivity contribution in [3.63, 3.8) is 0 Å². The largest absolute Gasteiger partial charge is 0.497 e. The lowest BCUT2D eigenvalue weighted by molar-refractivity contribution is -0.676. The number of carbonyl (C=O) groups is 2. The SMILES string of the molecule is COc1cccc(-n2c(C)c[n+]3c2N=C2C3C(=O)N(C)C(=O)N2C)c1. The summed E-state index contributed by atoms with van der Waals surface area (Å²) in [6.07, 6.45) is 1.88. The van der Waals surface area contributed by atoms with E-state index >= 15 is 0 Å². The minimum absolute atomic E-state index is 0.284. The van der Waals surface area contributed by atoms with Crippen LogP contribution in [0.25, 0.3) is 5.69 Å². The molecule has 1 fully saturated rings. The summed E-state index contributed by atoms with van der Waals surface area (Å²) < 4.78 is 9.05. The minimum atomic E-state index is -0.617. The molecule has 3 heterocycles. The first-order valence-corrected chi connectivity index (χ1v) is 7.85. The van der Waals surface area contributed by atoms with Crippen molar-refractivity contribution in [3.05, 3.63) is 36.2 Å². The van der Waals surface area contributed by atoms with Crippen LogP contribution in [0.1, 0.15) is 11.7 Å². The summed E-state index contributed by atoms with van der Waals surface area (Å²) >= 11 is 0. The Bertz CT molecular complexity index is 946. The monoisotopic (exact) mass is 340 g/mol. The summed E-state index contributed by atoms with van der Waals surface area (Å²) in [6.45, 7) is 1.95. The number of fused-ring (bicyclic) bond motifs is 3. The molecule has 1 unspecified atom stereocenters. The highest BCUT2D eigenvalue weighted by Crippen LogP contribution is 2.31. The molecule has 0 N–H and O–H groups in total. The van der Waals surface area contributed by atoms with Gasteiger partial charge >= 0.3 is 12.0 Å². The first-order valence-electron chi connectivity index (χ1n) is 7.85. The molecule has 1 saturated heterocycles. The highest BCUT2D eigenvalue weighted by atomic mass is 16.5. The van der Waals surface area contributed by atoms with Gasteiger partial charge < -0.3 is 4.74 Å². The summed E-state index contributed by atoms with van der Waals surface area (Å²) in [6, 6.07) is 6.62. The van der Waals surface area contributed by atoms with Gasteiger partial charge in [0, 0.05) is 20.2 Å². The third kappa shape index (κ3) is 2.00. The Morgan fingerprint density at radius 3 is 2.68 bits per heavy atom. The molecule has 2 aromatic rings. The van der Waals surface area contributed by atoms with Crippen molar-refractivity contribution in [1.29, 1.82) is 0 Å². The van der Waals surface area contributed by atoms with Gasteiger partial charge in [-0.3, -0.25) is 14.6 Å². The van der Waals surface area contributed by atoms with Crippen LogP contribution in [-0.2, 0) is 4.79 Å². The normalized spacial score (nSPS) is 19.0. The topological polar surface area (TPSA) is 71.0 Å². The molecule has 4 rings (SSSR count). The van der Waals surface area contributed by atoms with Crippen LogP contribution in [0.15, 0.2) is 35.5 Å². The van der Waals surface area contributed by atoms with E-state index in [-0.39, 0.29) is 11.9 Å². The molecule has 8 nitrogen and oxygen atoms in total. The fourth-order valence-corrected chi connectivity index (χ4v) is 3.33. The van der Waals surface area contributed by atoms with Crippen LogP contribution >= 0.6 is 0 Å². The van der Waals surface area contributed by atoms with Crippen molar-refractivity contribution < 1.29 is 18.9 Å². The van der Waals surface area contributed by atoms with Crippen LogP contribution in [0, 0.1) is 6.92 Å². The highest BCUT2D eigenvalue weighted by molar-refractivity contribution is 6.18. The predicted octanol–water partition coefficient (Wildman–Crippen LogP) is 1.19. The Labute approximate surface area is 144 Å². The summed E-state index contributed by atoms with van der Waals surface area (Å²) in [4.78, 5) is 32.0. The molecule has 1 aromatic heterocycles. The number of amidine groups is 1. The Kier molecular flexibility index (Phi) is 3.18. The molecular formula is C17H18N5O3+. The van der Waals surface area contributed by atoms with Crippen LogP contribution in [-0.4, -0.2) is 53.3 Å². The van der Waals surface area contributed by atoms with Crippen molar-refractivity contribution in [2.75, 3.05) is 21.2 Å². The smallest absolute Gasteiger partial charge is 0.406 e. The molecule has 0 radical (unpaired) electrons. The average Bonchev–Trinajstić information content (AvgIpc) is 3.12. The third-order valence-corrected chi connectivity index (χ3v) is 4.64. The molecule has 2 aliphatic heterocycles. The number of methoxy groups -OCH3 is 1. The van der Waals surface area contributed by atoms with E-state index in [4.69, 9.17) is 4.74 Å². The molecule has 25 heavy (non-hydrogen) atoms. The number of urea groups is 1. The standard InChI is InChI=1S/C17H18N5O3/c1-10-9-21-13-14(19(2)17(24)20(3)15(13)23)18-16(21)22(10)11-6-5-7-12(8-11)25-4/h5-9,13H,1-4H3/q+1. The molecule has 0 aliphatic carbocycles. The van der Waals surface area contributed by atoms with Gasteiger partial charge in [0.1, 0.15) is 23.3 Å². The first-order chi connectivity index (χ1) is 11.9. The Hall–Kier alpha value is -3.16. The number of aliphatic imine (C=N–C) groups is 1. The lowest BCUT2D eigenvalue weighted by Gasteiger charge is -2.30. The summed E-state index contributed by atoms with van der Waals surface area (Å²) in [5.41, 5.74) is 1.81. The number of carbonyl (C=O) groups excluding carboxylic acids is 2. The number of hydrogen-bond donors (Lipinski definition) is 0. The highest BCUT2D eigenvalue weighted by Gasteiger charge is 2.52. The van der Waals surface area contributed by atoms with E-state index in [0.717, 1.165) is 22.0 Å². The maximum absolute atomic E-state index is 12.6. The van der Waals surface area contributed by atoms with Gasteiger partial charge in [-0.25, -0.2) is 9.36 Å². The van der Waals surface area contributed by atoms with Crippen LogP contribution in [0.4, 0.5) is 10.7 Å². The lowest BCUT2D eigenvalue weighted by Crippen LogP contribution is -2.61. The molecule has 1 atom stereocenters. The van der Waals surface area contributed by atoms with Crippen LogP contribution in [0.2, 0.25) is 0 Å². The molecule has 128 valence electrons. The van der Waals surface area contributed by atoms with Gasteiger partial charge in [-0.2, -0.15) is 4.57 Å². The summed E-state index contributed by atoms with van der Waals surface area (Å²) in [7, 11) is 4.74. The molecule has 0 spiro atoms. The zero-order chi connectivity index (χ0) is 17.9. The van der Waals surface area contributed by atoms with Crippen molar-refractivity contribution >= 4 is 23.7 Å². The number of imidazole rings is 1. The molecule has 2 aliphatic rings. The van der Waals surface area contributed by atoms with E-state index in [9.17, 15) is 9.59 Å². The maximum Gasteiger partial charge on any atom is 0.406 e. The van der Waals surface area contributed by atoms with E-state index < -0.39 is 6.04 Å². The van der Waals surface area contributed by atoms with E-state index in [1.54, 1.807) is 14.2 Å². The molecule has 8 heteroatoms. The molecule has 1 aromatic carbocycles. The van der Waals surface area contributed by atoms with E-state index in [2.05, 4.69) is 4.99 Å². The van der Waals surface area contributed by atoms with Gasteiger partial charge in [0.05, 0.1) is 7.11 Å². The Balaban J connectivity index is 1.90. The number of likely N-dealkylation sites (N-methyl/N-ethyl adjacent to an activating group) is 2. The second kappa shape index (κ2) is 5.17. The molecule has 0 saturated carbocycles. The number of nitrogens with zero attached hydrogens (tertiary/aromatic N) is 5. The number of ether oxygens (including phenoxy) is 1. The van der Waals surface area contributed by atoms with E-state index in [1.807, 2.05) is 46.5 Å². The molecule has 3 amide bonds. The summed E-state index contributed by atoms with van der Waals surface area (Å²) in [5, 5.41) is 0. The average molecular weight is 340 g/mol. The third-order valence-electron chi connectivity index (χ3n) is 4.64. The van der Waals surface area contributed by atoms with E-state index in [1.165, 1.54) is 11.9 Å². The second-order valence-corrected chi connectivity index (χ2v) is 6.13. The van der Waals surface area contributed by atoms with Crippen LogP contribution in [0.3, 0.4) is 0 Å². The molecule has 0 bridgehead atoms. The Morgan fingerprint density at radius 2 is 1.96 bits per heavy atom. The first kappa shape index (κ1) is 15.4. The molecular weight excluding hydrogens is 322 g/mol. The van der Waals surface area contributed by atoms with Gasteiger partial charge in [-0.1, -0.05) is 11.1 Å². The lowest BCUT2D eigenvalue weighted by atomic mass is 10.2. The van der Waals surface area contributed by atoms with Gasteiger partial charge in [0.25, 0.3) is 5.91 Å². The number of aromatic nitrogens is 2. The van der Waals surface area contributed by atoms with Gasteiger partial charge in [0.2, 0.25) is 11.9 Å². The quantitative estimate of drug-likeness (QED) is 0.771. The van der Waals surface area contributed by atoms with Crippen LogP contribution < -0.4 is 9.30 Å². The van der Waals surface area contributed by atoms with Crippen LogP contribution in [0.5, 0.6) is 5.75 Å². The Morgan fingerprint density at radius 1 is 1.20 bits per heavy atom. The van der Waals surface area contributed by atoms with Crippen molar-refractivity contribution in [3.8, 4) is 11.4 Å². The number of aryl methyl sites for hydroxylation is 1. The minimum Gasteiger partial charge on any atom is -0.497 e. The number of benzene rings is 1. The number of amides is 3. The van der Waals surface area contributed by atoms with Gasteiger partial charge in [0.15, 0.2) is 0 Å². The maximum atomic E-state index is 12.6. The van der Waals surface area contributed by atoms with Gasteiger partial charge in [-0.15, -0.1) is 0 Å². The fourth-order valence-electron chi connectivity index (χ4n) is 3.33. The predicted molar refractivity (Wildman–Crippen MR) is 89.3 cm³/mol. The van der Waals surface area contributed by atoms with E-state index in [0.29, 0.717) is 11.8 Å². The summed E-state index contributed by atoms with van der Waals surface area (Å²) in [5.74, 6) is 1.50. The zero-order valence-electron chi connectivity index (χ0n) is 14.4. The van der Waals surface area contributed by atoms with Crippen molar-refractivity contribution in [2.24, 2.45) is 4.99 Å². The number of hydrogen-bond acceptors (Lipinski definition) is 4. The van der Waals surface area contributed by atoms with Crippen molar-refractivity contribution in [1.82, 2.24) is 14.4 Å². The van der Waals surface area contributed by atoms with Gasteiger partial charge in [-0.05, 0) is 19.1 Å². The second-order valence-electron chi connectivity index (χ2n) is 6.13. The zero-order valence-corrected chi connectivity index (χ0v) is 14.4. The number of rotatable bonds is 2.